The van der Waals surface area contributed by atoms with Crippen molar-refractivity contribution in [1.82, 2.24) is 0 Å². The van der Waals surface area contributed by atoms with Crippen molar-refractivity contribution in [3.8, 4) is 22.6 Å². The molecule has 0 spiro atoms. The summed E-state index contributed by atoms with van der Waals surface area (Å²) in [4.78, 5) is 3.37. The van der Waals surface area contributed by atoms with Gasteiger partial charge in [-0.15, -0.1) is 0 Å². The summed E-state index contributed by atoms with van der Waals surface area (Å²) in [5.74, 6) is -10.6. The molecule has 3 aromatic rings. The van der Waals surface area contributed by atoms with Gasteiger partial charge in [0.1, 0.15) is 17.2 Å². The molecule has 0 bridgehead atoms. The van der Waals surface area contributed by atoms with Gasteiger partial charge in [-0.25, -0.2) is 26.9 Å². The maximum absolute atomic E-state index is 13.8. The first kappa shape index (κ1) is 19.3. The first-order chi connectivity index (χ1) is 13.3. The van der Waals surface area contributed by atoms with Crippen LogP contribution in [-0.4, -0.2) is 18.4 Å². The van der Waals surface area contributed by atoms with Gasteiger partial charge >= 0.3 is 0 Å². The van der Waals surface area contributed by atoms with Crippen molar-refractivity contribution < 1.29 is 31.8 Å². The van der Waals surface area contributed by atoms with E-state index >= 15 is 0 Å². The van der Waals surface area contributed by atoms with Crippen LogP contribution >= 0.6 is 0 Å². The predicted octanol–water partition coefficient (Wildman–Crippen LogP) is 5.51. The van der Waals surface area contributed by atoms with E-state index < -0.39 is 34.8 Å². The van der Waals surface area contributed by atoms with Crippen LogP contribution in [0.2, 0.25) is 0 Å². The summed E-state index contributed by atoms with van der Waals surface area (Å²) in [6.07, 6.45) is 0.794. The number of hydrogen-bond donors (Lipinski definition) is 1. The zero-order valence-corrected chi connectivity index (χ0v) is 14.3. The third-order valence-electron chi connectivity index (χ3n) is 3.95. The Morgan fingerprint density at radius 2 is 1.43 bits per heavy atom. The van der Waals surface area contributed by atoms with Crippen molar-refractivity contribution in [2.75, 3.05) is 7.11 Å². The molecular formula is C20H12F5NO2. The number of phenols is 1. The summed E-state index contributed by atoms with van der Waals surface area (Å²) in [7, 11) is 1.37. The number of hydrogen-bond acceptors (Lipinski definition) is 3. The molecule has 0 aliphatic rings. The molecule has 3 nitrogen and oxygen atoms in total. The first-order valence-corrected chi connectivity index (χ1v) is 7.87. The van der Waals surface area contributed by atoms with Crippen LogP contribution in [0, 0.1) is 29.1 Å². The fraction of sp³-hybridized carbons (Fsp3) is 0.0500. The fourth-order valence-corrected chi connectivity index (χ4v) is 2.52. The minimum Gasteiger partial charge on any atom is -0.507 e. The molecule has 0 unspecified atom stereocenters. The summed E-state index contributed by atoms with van der Waals surface area (Å²) in [5, 5.41) is 10.5. The van der Waals surface area contributed by atoms with Crippen LogP contribution in [0.1, 0.15) is 5.56 Å². The lowest BCUT2D eigenvalue weighted by atomic mass is 10.0. The second-order valence-corrected chi connectivity index (χ2v) is 5.66. The molecule has 0 aliphatic carbocycles. The molecule has 0 aromatic heterocycles. The molecule has 3 rings (SSSR count). The molecule has 0 atom stereocenters. The van der Waals surface area contributed by atoms with Gasteiger partial charge in [0.05, 0.1) is 7.11 Å². The lowest BCUT2D eigenvalue weighted by Gasteiger charge is -2.11. The molecule has 0 saturated carbocycles. The molecular weight excluding hydrogens is 381 g/mol. The van der Waals surface area contributed by atoms with Crippen molar-refractivity contribution in [3.05, 3.63) is 77.1 Å². The molecule has 28 heavy (non-hydrogen) atoms. The van der Waals surface area contributed by atoms with Crippen molar-refractivity contribution in [2.24, 2.45) is 4.99 Å². The van der Waals surface area contributed by atoms with Crippen molar-refractivity contribution in [2.45, 2.75) is 0 Å². The van der Waals surface area contributed by atoms with E-state index in [1.165, 1.54) is 19.2 Å². The standard InChI is InChI=1S/C20H12F5NO2/c1-28-12-7-11(20(27)13(8-12)10-5-3-2-4-6-10)9-26-19-17(24)15(22)14(21)16(23)18(19)25/h2-9,27H,1H3. The Balaban J connectivity index is 2.14. The third kappa shape index (κ3) is 3.40. The number of benzene rings is 3. The molecule has 0 amide bonds. The lowest BCUT2D eigenvalue weighted by molar-refractivity contribution is 0.381. The van der Waals surface area contributed by atoms with E-state index in [1.807, 2.05) is 0 Å². The quantitative estimate of drug-likeness (QED) is 0.275. The zero-order chi connectivity index (χ0) is 20.4. The lowest BCUT2D eigenvalue weighted by Crippen LogP contribution is -2.01. The van der Waals surface area contributed by atoms with Gasteiger partial charge in [-0.05, 0) is 17.7 Å². The number of nitrogens with zero attached hydrogens (tertiary/aromatic N) is 1. The van der Waals surface area contributed by atoms with E-state index in [9.17, 15) is 27.1 Å². The average Bonchev–Trinajstić information content (AvgIpc) is 2.72. The molecule has 3 aromatic carbocycles. The van der Waals surface area contributed by atoms with Gasteiger partial charge in [-0.2, -0.15) is 0 Å². The van der Waals surface area contributed by atoms with Gasteiger partial charge in [-0.1, -0.05) is 30.3 Å². The largest absolute Gasteiger partial charge is 0.507 e. The van der Waals surface area contributed by atoms with Crippen LogP contribution in [0.5, 0.6) is 11.5 Å². The van der Waals surface area contributed by atoms with Gasteiger partial charge in [0.15, 0.2) is 23.3 Å². The summed E-state index contributed by atoms with van der Waals surface area (Å²) < 4.78 is 72.4. The fourth-order valence-electron chi connectivity index (χ4n) is 2.52. The Hall–Kier alpha value is -3.42. The molecule has 8 heteroatoms. The summed E-state index contributed by atoms with van der Waals surface area (Å²) >= 11 is 0. The number of methoxy groups -OCH3 is 1. The number of ether oxygens (including phenoxy) is 1. The second kappa shape index (κ2) is 7.67. The summed E-state index contributed by atoms with van der Waals surface area (Å²) in [6, 6.07) is 11.5. The minimum atomic E-state index is -2.27. The highest BCUT2D eigenvalue weighted by molar-refractivity contribution is 5.91. The number of aliphatic imine (C=N–C) groups is 1. The molecule has 0 heterocycles. The predicted molar refractivity (Wildman–Crippen MR) is 93.6 cm³/mol. The Bertz CT molecular complexity index is 1040. The number of aromatic hydroxyl groups is 1. The summed E-state index contributed by atoms with van der Waals surface area (Å²) in [5.41, 5.74) is -0.453. The van der Waals surface area contributed by atoms with Gasteiger partial charge in [-0.3, -0.25) is 0 Å². The van der Waals surface area contributed by atoms with Crippen LogP contribution in [0.3, 0.4) is 0 Å². The Kier molecular flexibility index (Phi) is 5.30. The van der Waals surface area contributed by atoms with Gasteiger partial charge in [0, 0.05) is 17.3 Å². The average molecular weight is 393 g/mol. The van der Waals surface area contributed by atoms with Crippen LogP contribution in [0.15, 0.2) is 47.5 Å². The van der Waals surface area contributed by atoms with E-state index in [-0.39, 0.29) is 17.1 Å². The number of rotatable bonds is 4. The molecule has 0 fully saturated rings. The topological polar surface area (TPSA) is 41.8 Å². The van der Waals surface area contributed by atoms with Crippen LogP contribution < -0.4 is 4.74 Å². The highest BCUT2D eigenvalue weighted by atomic mass is 19.2. The Morgan fingerprint density at radius 3 is 2.00 bits per heavy atom. The Labute approximate surface area is 156 Å². The van der Waals surface area contributed by atoms with E-state index in [4.69, 9.17) is 4.74 Å². The third-order valence-corrected chi connectivity index (χ3v) is 3.95. The van der Waals surface area contributed by atoms with Gasteiger partial charge in [0.2, 0.25) is 5.82 Å². The van der Waals surface area contributed by atoms with Crippen molar-refractivity contribution in [1.29, 1.82) is 0 Å². The maximum Gasteiger partial charge on any atom is 0.200 e. The minimum absolute atomic E-state index is 0.0397. The smallest absolute Gasteiger partial charge is 0.200 e. The molecule has 0 radical (unpaired) electrons. The van der Waals surface area contributed by atoms with E-state index in [0.717, 1.165) is 6.21 Å². The number of halogens is 5. The molecule has 1 N–H and O–H groups in total. The van der Waals surface area contributed by atoms with Crippen LogP contribution in [-0.2, 0) is 0 Å². The van der Waals surface area contributed by atoms with Crippen molar-refractivity contribution in [3.63, 3.8) is 0 Å². The van der Waals surface area contributed by atoms with Crippen LogP contribution in [0.25, 0.3) is 11.1 Å². The van der Waals surface area contributed by atoms with E-state index in [2.05, 4.69) is 4.99 Å². The van der Waals surface area contributed by atoms with Crippen LogP contribution in [0.4, 0.5) is 27.6 Å². The highest BCUT2D eigenvalue weighted by Gasteiger charge is 2.25. The normalized spacial score (nSPS) is 11.2. The highest BCUT2D eigenvalue weighted by Crippen LogP contribution is 2.36. The molecule has 144 valence electrons. The monoisotopic (exact) mass is 393 g/mol. The van der Waals surface area contributed by atoms with E-state index in [0.29, 0.717) is 11.1 Å². The number of phenolic OH excluding ortho intramolecular Hbond substituents is 1. The van der Waals surface area contributed by atoms with Gasteiger partial charge < -0.3 is 9.84 Å². The maximum atomic E-state index is 13.8. The summed E-state index contributed by atoms with van der Waals surface area (Å²) in [6.45, 7) is 0. The van der Waals surface area contributed by atoms with Gasteiger partial charge in [0.25, 0.3) is 0 Å². The van der Waals surface area contributed by atoms with E-state index in [1.54, 1.807) is 30.3 Å². The SMILES string of the molecule is COc1cc(C=Nc2c(F)c(F)c(F)c(F)c2F)c(O)c(-c2ccccc2)c1. The van der Waals surface area contributed by atoms with Crippen molar-refractivity contribution >= 4 is 11.9 Å². The second-order valence-electron chi connectivity index (χ2n) is 5.66. The Morgan fingerprint density at radius 1 is 0.857 bits per heavy atom. The first-order valence-electron chi connectivity index (χ1n) is 7.87. The molecule has 0 saturated heterocycles. The molecule has 0 aliphatic heterocycles. The zero-order valence-electron chi connectivity index (χ0n) is 14.3.